The van der Waals surface area contributed by atoms with Gasteiger partial charge in [0.25, 0.3) is 17.9 Å². The second kappa shape index (κ2) is 22.5. The number of aromatic nitrogens is 2. The van der Waals surface area contributed by atoms with Gasteiger partial charge in [0.15, 0.2) is 5.82 Å². The number of halogens is 6. The molecule has 12 N–H and O–H groups in total. The van der Waals surface area contributed by atoms with Crippen molar-refractivity contribution in [3.05, 3.63) is 75.7 Å². The number of nitrogens with one attached hydrogen (secondary N) is 4. The fourth-order valence-electron chi connectivity index (χ4n) is 3.67. The summed E-state index contributed by atoms with van der Waals surface area (Å²) in [5.41, 5.74) is 19.3. The van der Waals surface area contributed by atoms with E-state index in [9.17, 15) is 40.7 Å². The van der Waals surface area contributed by atoms with Crippen LogP contribution in [0.25, 0.3) is 11.3 Å². The Morgan fingerprint density at radius 2 is 1.58 bits per heavy atom. The summed E-state index contributed by atoms with van der Waals surface area (Å²) in [5.74, 6) is -3.47. The van der Waals surface area contributed by atoms with Gasteiger partial charge in [-0.2, -0.15) is 26.3 Å². The molecule has 286 valence electrons. The van der Waals surface area contributed by atoms with Crippen molar-refractivity contribution in [1.82, 2.24) is 20.2 Å². The lowest BCUT2D eigenvalue weighted by Gasteiger charge is -2.17. The molecule has 1 heterocycles. The zero-order valence-electron chi connectivity index (χ0n) is 27.5. The standard InChI is InChI=1S/C26H33N9O3.C2HF3O2.CHF3.CH2O2/c1-15(2)34-24-26(38)35(14-22(36)32-12-16-3-5-17(6-4-16)23(29)30)21(13-33-24)18-9-19(11-20(28)10-18)25(37)31-8-7-27;3-2(4,5)1(6)7;2-1(3)4;2-1-3/h3-6,9-11,13,15H,7-8,12,14,27-28H2,1-2H3,(H3,29,30)(H,31,37)(H,32,36)(H,33,34);(H,6,7);1H;1H,(H,2,3). The fourth-order valence-corrected chi connectivity index (χ4v) is 3.67. The maximum absolute atomic E-state index is 13.4. The van der Waals surface area contributed by atoms with Gasteiger partial charge in [-0.15, -0.1) is 0 Å². The number of nitrogens with two attached hydrogens (primary N) is 3. The Morgan fingerprint density at radius 3 is 2.04 bits per heavy atom. The third-order valence-corrected chi connectivity index (χ3v) is 5.72. The minimum absolute atomic E-state index is 0.0439. The molecule has 0 saturated carbocycles. The third kappa shape index (κ3) is 17.5. The summed E-state index contributed by atoms with van der Waals surface area (Å²) in [6.45, 7) is 0.319. The van der Waals surface area contributed by atoms with Crippen molar-refractivity contribution in [1.29, 1.82) is 5.41 Å². The third-order valence-electron chi connectivity index (χ3n) is 5.72. The van der Waals surface area contributed by atoms with Crippen molar-refractivity contribution in [2.75, 3.05) is 24.1 Å². The van der Waals surface area contributed by atoms with E-state index in [0.29, 0.717) is 29.1 Å². The van der Waals surface area contributed by atoms with E-state index in [1.54, 1.807) is 36.4 Å². The quantitative estimate of drug-likeness (QED) is 0.0448. The van der Waals surface area contributed by atoms with Crippen LogP contribution in [0.3, 0.4) is 0 Å². The minimum atomic E-state index is -5.08. The summed E-state index contributed by atoms with van der Waals surface area (Å²) in [4.78, 5) is 60.3. The van der Waals surface area contributed by atoms with Crippen LogP contribution < -0.4 is 38.7 Å². The summed E-state index contributed by atoms with van der Waals surface area (Å²) in [5, 5.41) is 30.0. The number of rotatable bonds is 11. The Bertz CT molecular complexity index is 1700. The molecule has 22 heteroatoms. The van der Waals surface area contributed by atoms with Gasteiger partial charge in [-0.25, -0.2) is 9.78 Å². The molecule has 1 aromatic heterocycles. The molecule has 0 saturated heterocycles. The lowest BCUT2D eigenvalue weighted by atomic mass is 10.1. The average molecular weight is 750 g/mol. The molecule has 3 rings (SSSR count). The molecule has 0 aliphatic carbocycles. The van der Waals surface area contributed by atoms with Gasteiger partial charge >= 0.3 is 18.8 Å². The number of hydrogen-bond donors (Lipinski definition) is 9. The van der Waals surface area contributed by atoms with Crippen molar-refractivity contribution in [3.63, 3.8) is 0 Å². The number of alkyl halides is 6. The first-order valence-electron chi connectivity index (χ1n) is 14.4. The van der Waals surface area contributed by atoms with Gasteiger partial charge < -0.3 is 43.4 Å². The topological polar surface area (TPSA) is 282 Å². The van der Waals surface area contributed by atoms with Gasteiger partial charge in [0.2, 0.25) is 5.91 Å². The summed E-state index contributed by atoms with van der Waals surface area (Å²) in [6.07, 6.45) is -3.61. The van der Waals surface area contributed by atoms with E-state index in [0.717, 1.165) is 5.56 Å². The summed E-state index contributed by atoms with van der Waals surface area (Å²) < 4.78 is 62.0. The monoisotopic (exact) mass is 749 g/mol. The number of benzene rings is 2. The second-order valence-electron chi connectivity index (χ2n) is 10.1. The summed E-state index contributed by atoms with van der Waals surface area (Å²) in [6, 6.07) is 11.6. The first-order chi connectivity index (χ1) is 24.2. The molecular formula is C30H37F6N9O7. The number of amides is 2. The van der Waals surface area contributed by atoms with Crippen LogP contribution >= 0.6 is 0 Å². The average Bonchev–Trinajstić information content (AvgIpc) is 3.04. The van der Waals surface area contributed by atoms with E-state index in [4.69, 9.17) is 42.4 Å². The fraction of sp³-hybridized carbons (Fsp3) is 0.300. The van der Waals surface area contributed by atoms with Crippen LogP contribution in [0.1, 0.15) is 35.3 Å². The number of amidine groups is 1. The highest BCUT2D eigenvalue weighted by Gasteiger charge is 2.38. The Morgan fingerprint density at radius 1 is 1.04 bits per heavy atom. The second-order valence-corrected chi connectivity index (χ2v) is 10.1. The molecule has 16 nitrogen and oxygen atoms in total. The molecule has 2 amide bonds. The molecule has 52 heavy (non-hydrogen) atoms. The molecule has 0 atom stereocenters. The number of carboxylic acids is 1. The van der Waals surface area contributed by atoms with Crippen LogP contribution in [0, 0.1) is 5.41 Å². The first kappa shape index (κ1) is 45.8. The van der Waals surface area contributed by atoms with E-state index in [2.05, 4.69) is 20.9 Å². The number of aliphatic carboxylic acids is 1. The van der Waals surface area contributed by atoms with E-state index < -0.39 is 30.3 Å². The first-order valence-corrected chi connectivity index (χ1v) is 14.4. The van der Waals surface area contributed by atoms with Gasteiger partial charge in [0.1, 0.15) is 12.4 Å². The Labute approximate surface area is 291 Å². The van der Waals surface area contributed by atoms with Crippen LogP contribution in [0.15, 0.2) is 53.5 Å². The zero-order valence-corrected chi connectivity index (χ0v) is 27.5. The van der Waals surface area contributed by atoms with Crippen LogP contribution in [-0.2, 0) is 27.5 Å². The number of hydrogen-bond acceptors (Lipinski definition) is 10. The molecule has 2 aromatic carbocycles. The Kier molecular flexibility index (Phi) is 19.8. The van der Waals surface area contributed by atoms with Gasteiger partial charge in [-0.1, -0.05) is 24.3 Å². The predicted octanol–water partition coefficient (Wildman–Crippen LogP) is 2.11. The van der Waals surface area contributed by atoms with Crippen molar-refractivity contribution in [2.24, 2.45) is 11.5 Å². The largest absolute Gasteiger partial charge is 0.490 e. The maximum atomic E-state index is 13.4. The number of carbonyl (C=O) groups is 4. The van der Waals surface area contributed by atoms with Crippen molar-refractivity contribution in [3.8, 4) is 11.3 Å². The van der Waals surface area contributed by atoms with Gasteiger partial charge in [0.05, 0.1) is 11.9 Å². The summed E-state index contributed by atoms with van der Waals surface area (Å²) in [7, 11) is 0. The Balaban J connectivity index is 0.00000158. The van der Waals surface area contributed by atoms with Gasteiger partial charge in [-0.3, -0.25) is 29.2 Å². The number of carbonyl (C=O) groups excluding carboxylic acids is 2. The smallest absolute Gasteiger partial charge is 0.483 e. The predicted molar refractivity (Wildman–Crippen MR) is 177 cm³/mol. The van der Waals surface area contributed by atoms with E-state index in [1.165, 1.54) is 16.8 Å². The van der Waals surface area contributed by atoms with E-state index in [-0.39, 0.29) is 55.3 Å². The zero-order chi connectivity index (χ0) is 40.2. The van der Waals surface area contributed by atoms with Crippen LogP contribution in [-0.4, -0.2) is 81.8 Å². The molecule has 0 aliphatic heterocycles. The normalized spacial score (nSPS) is 10.3. The van der Waals surface area contributed by atoms with Crippen LogP contribution in [0.5, 0.6) is 0 Å². The van der Waals surface area contributed by atoms with Crippen molar-refractivity contribution in [2.45, 2.75) is 45.8 Å². The number of carboxylic acid groups (broad SMARTS) is 2. The van der Waals surface area contributed by atoms with Gasteiger partial charge in [-0.05, 0) is 37.6 Å². The SMILES string of the molecule is CC(C)Nc1ncc(-c2cc(N)cc(C(=O)NCCN)c2)n(CC(=O)NCc2ccc(C(=N)N)cc2)c1=O.FC(F)F.O=C(O)C(F)(F)F.O=CO. The molecule has 0 fully saturated rings. The van der Waals surface area contributed by atoms with E-state index in [1.807, 2.05) is 13.8 Å². The maximum Gasteiger partial charge on any atom is 0.490 e. The molecule has 0 unspecified atom stereocenters. The molecule has 0 radical (unpaired) electrons. The highest BCUT2D eigenvalue weighted by molar-refractivity contribution is 5.96. The lowest BCUT2D eigenvalue weighted by Crippen LogP contribution is -2.35. The van der Waals surface area contributed by atoms with Crippen molar-refractivity contribution >= 4 is 41.6 Å². The number of anilines is 2. The lowest BCUT2D eigenvalue weighted by molar-refractivity contribution is -0.192. The highest BCUT2D eigenvalue weighted by atomic mass is 19.4. The van der Waals surface area contributed by atoms with Crippen LogP contribution in [0.4, 0.5) is 37.8 Å². The molecule has 0 bridgehead atoms. The van der Waals surface area contributed by atoms with Gasteiger partial charge in [0, 0.05) is 48.1 Å². The number of nitrogen functional groups attached to an aromatic ring is 2. The summed E-state index contributed by atoms with van der Waals surface area (Å²) >= 11 is 0. The number of nitrogens with zero attached hydrogens (tertiary/aromatic N) is 2. The molecule has 3 aromatic rings. The van der Waals surface area contributed by atoms with Crippen molar-refractivity contribution < 1.29 is 55.7 Å². The van der Waals surface area contributed by atoms with E-state index >= 15 is 0 Å². The minimum Gasteiger partial charge on any atom is -0.483 e. The molecular weight excluding hydrogens is 712 g/mol. The highest BCUT2D eigenvalue weighted by Crippen LogP contribution is 2.23. The molecule has 0 aliphatic rings. The van der Waals surface area contributed by atoms with Crippen LogP contribution in [0.2, 0.25) is 0 Å². The Hall–Kier alpha value is -6.19. The molecule has 0 spiro atoms.